The smallest absolute Gasteiger partial charge is 0.251 e. The Hall–Kier alpha value is -7.55. The third kappa shape index (κ3) is 23.0. The van der Waals surface area contributed by atoms with E-state index in [0.717, 1.165) is 31.9 Å². The van der Waals surface area contributed by atoms with Gasteiger partial charge < -0.3 is 35.5 Å². The monoisotopic (exact) mass is 1010 g/mol. The van der Waals surface area contributed by atoms with E-state index in [1.165, 1.54) is 32.9 Å². The number of ether oxygens (including phenoxy) is 3. The van der Waals surface area contributed by atoms with E-state index in [1.54, 1.807) is 0 Å². The van der Waals surface area contributed by atoms with Gasteiger partial charge in [0.05, 0.1) is 19.8 Å². The minimum Gasteiger partial charge on any atom is -0.489 e. The topological polar surface area (TPSA) is 233 Å². The molecule has 0 unspecified atom stereocenters. The Morgan fingerprint density at radius 3 is 1.08 bits per heavy atom. The average molecular weight is 1010 g/mol. The van der Waals surface area contributed by atoms with Gasteiger partial charge in [-0.2, -0.15) is 0 Å². The van der Waals surface area contributed by atoms with Crippen molar-refractivity contribution in [2.75, 3.05) is 59.1 Å². The van der Waals surface area contributed by atoms with Crippen molar-refractivity contribution < 1.29 is 62.3 Å². The number of hydrogen-bond donors (Lipinski definition) is 4. The molecular weight excluding hydrogens is 943 g/mol. The van der Waals surface area contributed by atoms with E-state index in [-0.39, 0.29) is 102 Å². The molecule has 4 N–H and O–H groups in total. The highest BCUT2D eigenvalue weighted by molar-refractivity contribution is 5.96. The molecule has 0 heterocycles. The second-order valence-electron chi connectivity index (χ2n) is 17.6. The molecule has 20 heteroatoms. The van der Waals surface area contributed by atoms with E-state index in [4.69, 9.17) is 28.7 Å². The minimum atomic E-state index is -0.598. The predicted octanol–water partition coefficient (Wildman–Crippen LogP) is 4.81. The second-order valence-corrected chi connectivity index (χ2v) is 17.6. The number of benzene rings is 4. The summed E-state index contributed by atoms with van der Waals surface area (Å²) in [5.41, 5.74) is 2.09. The second kappa shape index (κ2) is 31.0. The fourth-order valence-electron chi connectivity index (χ4n) is 6.40. The highest BCUT2D eigenvalue weighted by Crippen LogP contribution is 2.39. The summed E-state index contributed by atoms with van der Waals surface area (Å²) in [6.07, 6.45) is 0.918. The van der Waals surface area contributed by atoms with E-state index in [1.807, 2.05) is 112 Å². The summed E-state index contributed by atoms with van der Waals surface area (Å²) >= 11 is 0. The lowest BCUT2D eigenvalue weighted by Gasteiger charge is -2.23. The molecule has 0 spiro atoms. The van der Waals surface area contributed by atoms with Crippen LogP contribution in [0.2, 0.25) is 0 Å². The van der Waals surface area contributed by atoms with Gasteiger partial charge in [-0.1, -0.05) is 91.0 Å². The quantitative estimate of drug-likeness (QED) is 0.0392. The zero-order valence-corrected chi connectivity index (χ0v) is 42.6. The van der Waals surface area contributed by atoms with Gasteiger partial charge >= 0.3 is 0 Å². The molecule has 4 aromatic rings. The van der Waals surface area contributed by atoms with Gasteiger partial charge in [0.25, 0.3) is 5.91 Å². The maximum Gasteiger partial charge on any atom is 0.251 e. The van der Waals surface area contributed by atoms with Crippen LogP contribution in [0.25, 0.3) is 0 Å². The number of carbonyl (C=O) groups is 7. The zero-order chi connectivity index (χ0) is 53.0. The van der Waals surface area contributed by atoms with Crippen molar-refractivity contribution in [1.82, 2.24) is 36.5 Å². The van der Waals surface area contributed by atoms with Crippen LogP contribution in [0.15, 0.2) is 103 Å². The maximum atomic E-state index is 13.6. The van der Waals surface area contributed by atoms with Gasteiger partial charge in [0.1, 0.15) is 39.5 Å². The van der Waals surface area contributed by atoms with Crippen molar-refractivity contribution in [2.45, 2.75) is 86.2 Å². The predicted molar refractivity (Wildman–Crippen MR) is 269 cm³/mol. The average Bonchev–Trinajstić information content (AvgIpc) is 3.35. The molecule has 0 aliphatic carbocycles. The largest absolute Gasteiger partial charge is 0.489 e. The van der Waals surface area contributed by atoms with E-state index in [0.29, 0.717) is 19.3 Å². The van der Waals surface area contributed by atoms with Crippen LogP contribution in [-0.2, 0) is 63.1 Å². The molecule has 4 aromatic carbocycles. The lowest BCUT2D eigenvalue weighted by Crippen LogP contribution is -2.40. The fraction of sp³-hybridized carbons (Fsp3) is 0.415. The molecule has 0 saturated heterocycles. The number of nitrogens with one attached hydrogen (secondary N) is 4. The Kier molecular flexibility index (Phi) is 24.7. The van der Waals surface area contributed by atoms with Crippen LogP contribution in [0.4, 0.5) is 0 Å². The molecule has 0 radical (unpaired) electrons. The molecule has 0 aliphatic heterocycles. The van der Waals surface area contributed by atoms with Gasteiger partial charge in [-0.25, -0.2) is 15.2 Å². The van der Waals surface area contributed by atoms with Gasteiger partial charge in [0.15, 0.2) is 11.5 Å². The van der Waals surface area contributed by atoms with Crippen LogP contribution in [0.1, 0.15) is 87.9 Å². The molecule has 73 heavy (non-hydrogen) atoms. The molecule has 394 valence electrons. The van der Waals surface area contributed by atoms with Crippen molar-refractivity contribution in [3.63, 3.8) is 0 Å². The number of amides is 7. The molecular formula is C53H69N7O13. The lowest BCUT2D eigenvalue weighted by atomic mass is 10.1. The molecule has 0 aliphatic rings. The Bertz CT molecular complexity index is 2280. The highest BCUT2D eigenvalue weighted by Gasteiger charge is 2.23. The number of hydroxylamine groups is 6. The maximum absolute atomic E-state index is 13.6. The molecule has 4 rings (SSSR count). The standard InChI is InChI=1S/C53H69N7O13/c1-39(61)58(71-36-42-19-10-7-11-20-42)33-48(64)54-25-16-28-68-46-31-45(52(67)57-53(4,5)6)32-47(69-29-17-26-55-49(65)34-59(40(2)62)72-37-43-21-12-8-13-22-43)51(46)70-30-18-27-56-50(66)35-60(41(3)63)73-38-44-23-14-9-15-24-44/h7-15,19-24,31-32H,16-18,25-30,33-38H2,1-6H3,(H,54,64)(H,55,65)(H,56,66)(H,57,67). The first-order valence-electron chi connectivity index (χ1n) is 24.0. The van der Waals surface area contributed by atoms with Gasteiger partial charge in [0, 0.05) is 51.5 Å². The van der Waals surface area contributed by atoms with Crippen LogP contribution in [0, 0.1) is 0 Å². The summed E-state index contributed by atoms with van der Waals surface area (Å²) in [4.78, 5) is 106. The molecule has 20 nitrogen and oxygen atoms in total. The van der Waals surface area contributed by atoms with E-state index >= 15 is 0 Å². The summed E-state index contributed by atoms with van der Waals surface area (Å²) in [6, 6.07) is 30.7. The number of rotatable bonds is 31. The third-order valence-electron chi connectivity index (χ3n) is 10.1. The lowest BCUT2D eigenvalue weighted by molar-refractivity contribution is -0.191. The summed E-state index contributed by atoms with van der Waals surface area (Å²) in [5, 5.41) is 14.2. The van der Waals surface area contributed by atoms with E-state index in [9.17, 15) is 33.6 Å². The fourth-order valence-corrected chi connectivity index (χ4v) is 6.40. The van der Waals surface area contributed by atoms with Crippen LogP contribution in [0.3, 0.4) is 0 Å². The Labute approximate surface area is 426 Å². The normalized spacial score (nSPS) is 10.9. The first-order chi connectivity index (χ1) is 35.0. The van der Waals surface area contributed by atoms with Crippen LogP contribution in [-0.4, -0.2) is 121 Å². The summed E-state index contributed by atoms with van der Waals surface area (Å²) < 4.78 is 18.7. The van der Waals surface area contributed by atoms with Crippen molar-refractivity contribution in [3.05, 3.63) is 125 Å². The summed E-state index contributed by atoms with van der Waals surface area (Å²) in [6.45, 7) is 9.40. The van der Waals surface area contributed by atoms with Crippen LogP contribution in [0.5, 0.6) is 17.2 Å². The molecule has 0 atom stereocenters. The molecule has 0 fully saturated rings. The Morgan fingerprint density at radius 2 is 0.781 bits per heavy atom. The minimum absolute atomic E-state index is 0.0472. The van der Waals surface area contributed by atoms with Crippen molar-refractivity contribution in [3.8, 4) is 17.2 Å². The molecule has 0 aromatic heterocycles. The van der Waals surface area contributed by atoms with Crippen molar-refractivity contribution in [2.24, 2.45) is 0 Å². The van der Waals surface area contributed by atoms with Crippen molar-refractivity contribution >= 4 is 41.4 Å². The number of nitrogens with zero attached hydrogens (tertiary/aromatic N) is 3. The van der Waals surface area contributed by atoms with Gasteiger partial charge in [-0.05, 0) is 68.9 Å². The summed E-state index contributed by atoms with van der Waals surface area (Å²) in [7, 11) is 0. The highest BCUT2D eigenvalue weighted by atomic mass is 16.7. The Balaban J connectivity index is 1.41. The van der Waals surface area contributed by atoms with Gasteiger partial charge in [-0.3, -0.25) is 48.1 Å². The molecule has 0 saturated carbocycles. The van der Waals surface area contributed by atoms with Crippen LogP contribution < -0.4 is 35.5 Å². The van der Waals surface area contributed by atoms with Gasteiger partial charge in [-0.15, -0.1) is 0 Å². The first kappa shape index (κ1) is 58.0. The number of carbonyl (C=O) groups excluding carboxylic acids is 7. The molecule has 7 amide bonds. The summed E-state index contributed by atoms with van der Waals surface area (Å²) in [5.74, 6) is -2.61. The van der Waals surface area contributed by atoms with E-state index < -0.39 is 46.9 Å². The van der Waals surface area contributed by atoms with E-state index in [2.05, 4.69) is 21.3 Å². The first-order valence-corrected chi connectivity index (χ1v) is 24.0. The van der Waals surface area contributed by atoms with Gasteiger partial charge in [0.2, 0.25) is 41.2 Å². The SMILES string of the molecule is CC(=O)N(CC(=O)NCCCOc1cc(C(=O)NC(C)(C)C)cc(OCCCNC(=O)CN(OCc2ccccc2)C(C)=O)c1OCCCNC(=O)CN(OCc1ccccc1)C(C)=O)OCc1ccccc1. The van der Waals surface area contributed by atoms with Crippen molar-refractivity contribution in [1.29, 1.82) is 0 Å². The number of hydrogen-bond acceptors (Lipinski definition) is 13. The molecule has 0 bridgehead atoms. The zero-order valence-electron chi connectivity index (χ0n) is 42.6. The Morgan fingerprint density at radius 1 is 0.466 bits per heavy atom. The third-order valence-corrected chi connectivity index (χ3v) is 10.1. The van der Waals surface area contributed by atoms with Crippen LogP contribution >= 0.6 is 0 Å².